The number of hydrogen-bond acceptors (Lipinski definition) is 15. The number of halogens is 1. The SMILES string of the molecule is COc1cc(CN2CCN(C3CC4(C3)CN(c3ccc(C(=O)NS(=O)(=O)c5ccc(NC[C@H]6CC[C@](C)(O)CC6)c([N+](=O)[O-])c5)c(Oc5cnc6[nH]cc(F)c6c5)c3)C4)[C@H](c3ccccc3C(C)C)C2)ccc1OC1COC1. The number of amides is 1. The zero-order valence-corrected chi connectivity index (χ0v) is 45.2. The first-order chi connectivity index (χ1) is 37.4. The topological polar surface area (TPSA) is 214 Å². The summed E-state index contributed by atoms with van der Waals surface area (Å²) in [7, 11) is -2.98. The van der Waals surface area contributed by atoms with Gasteiger partial charge in [0.25, 0.3) is 21.6 Å². The Morgan fingerprint density at radius 1 is 1.00 bits per heavy atom. The molecule has 1 spiro atoms. The number of nitrogens with one attached hydrogen (secondary N) is 3. The van der Waals surface area contributed by atoms with E-state index in [1.165, 1.54) is 47.8 Å². The number of methoxy groups -OCH3 is 1. The van der Waals surface area contributed by atoms with Gasteiger partial charge >= 0.3 is 0 Å². The van der Waals surface area contributed by atoms with Crippen molar-refractivity contribution in [1.29, 1.82) is 0 Å². The number of sulfonamides is 1. The van der Waals surface area contributed by atoms with Crippen LogP contribution in [0.15, 0.2) is 102 Å². The van der Waals surface area contributed by atoms with Crippen LogP contribution in [0.5, 0.6) is 23.0 Å². The molecular weight excluding hydrogens is 1020 g/mol. The van der Waals surface area contributed by atoms with E-state index in [9.17, 15) is 32.8 Å². The fraction of sp³-hybridized carbons (Fsp3) is 0.448. The van der Waals surface area contributed by atoms with E-state index < -0.39 is 42.9 Å². The van der Waals surface area contributed by atoms with Gasteiger partial charge in [-0.3, -0.25) is 24.7 Å². The molecule has 4 aromatic carbocycles. The number of H-pyrrole nitrogens is 1. The Labute approximate surface area is 453 Å². The van der Waals surface area contributed by atoms with E-state index in [1.54, 1.807) is 26.2 Å². The number of nitrogens with zero attached hydrogens (tertiary/aromatic N) is 5. The van der Waals surface area contributed by atoms with Crippen LogP contribution in [0, 0.1) is 27.3 Å². The van der Waals surface area contributed by atoms with Crippen LogP contribution in [0.4, 0.5) is 21.5 Å². The van der Waals surface area contributed by atoms with Gasteiger partial charge in [-0.2, -0.15) is 0 Å². The predicted molar refractivity (Wildman–Crippen MR) is 293 cm³/mol. The highest BCUT2D eigenvalue weighted by molar-refractivity contribution is 7.90. The summed E-state index contributed by atoms with van der Waals surface area (Å²) in [5, 5.41) is 25.9. The Balaban J connectivity index is 0.786. The summed E-state index contributed by atoms with van der Waals surface area (Å²) >= 11 is 0. The molecule has 1 amide bonds. The standard InChI is InChI=1S/C58H67FN8O10S/c1-36(2)44-7-5-6-8-45(44)51-31-64(30-38-9-14-52(54(21-38)74-4)77-42-32-75-33-42)19-20-66(51)40-25-58(26-40)34-65(35-58)39-10-12-46(53(22-39)76-41-23-47-48(59)29-62-55(47)61-28-41)56(68)63-78(72,73)43-11-13-49(50(24-43)67(70)71)60-27-37-15-17-57(3,69)18-16-37/h5-14,21-24,28-29,36-37,40,42,51,60,69H,15-20,25-27,30-35H2,1-4H3,(H,61,62)(H,63,68)/t37-,51-,57-/m0/s1. The summed E-state index contributed by atoms with van der Waals surface area (Å²) in [6.45, 7) is 12.9. The van der Waals surface area contributed by atoms with Crippen molar-refractivity contribution in [3.8, 4) is 23.0 Å². The monoisotopic (exact) mass is 1090 g/mol. The number of hydrogen-bond donors (Lipinski definition) is 4. The number of ether oxygens (including phenoxy) is 4. The Hall–Kier alpha value is -6.84. The molecule has 0 radical (unpaired) electrons. The van der Waals surface area contributed by atoms with E-state index in [-0.39, 0.29) is 51.6 Å². The van der Waals surface area contributed by atoms with Gasteiger partial charge in [0, 0.05) is 87.3 Å². The van der Waals surface area contributed by atoms with Gasteiger partial charge in [-0.15, -0.1) is 0 Å². The average Bonchev–Trinajstić information content (AvgIpc) is 3.63. The largest absolute Gasteiger partial charge is 0.493 e. The van der Waals surface area contributed by atoms with E-state index in [4.69, 9.17) is 18.9 Å². The second-order valence-electron chi connectivity index (χ2n) is 22.6. The van der Waals surface area contributed by atoms with Gasteiger partial charge in [0.05, 0.1) is 52.9 Å². The summed E-state index contributed by atoms with van der Waals surface area (Å²) in [4.78, 5) is 39.8. The highest BCUT2D eigenvalue weighted by atomic mass is 32.2. The van der Waals surface area contributed by atoms with Crippen LogP contribution in [-0.4, -0.2) is 121 Å². The highest BCUT2D eigenvalue weighted by Crippen LogP contribution is 2.54. The van der Waals surface area contributed by atoms with Crippen molar-refractivity contribution >= 4 is 44.0 Å². The molecule has 18 nitrogen and oxygen atoms in total. The lowest BCUT2D eigenvalue weighted by molar-refractivity contribution is -0.384. The first-order valence-corrected chi connectivity index (χ1v) is 28.4. The van der Waals surface area contributed by atoms with Gasteiger partial charge < -0.3 is 39.3 Å². The number of aromatic amines is 1. The number of piperazine rings is 1. The van der Waals surface area contributed by atoms with E-state index in [0.29, 0.717) is 50.2 Å². The number of fused-ring (bicyclic) bond motifs is 1. The molecule has 412 valence electrons. The third-order valence-corrected chi connectivity index (χ3v) is 17.9. The molecule has 3 saturated heterocycles. The quantitative estimate of drug-likeness (QED) is 0.0466. The molecule has 0 unspecified atom stereocenters. The maximum absolute atomic E-state index is 14.8. The Bertz CT molecular complexity index is 3330. The molecular formula is C58H67FN8O10S. The maximum Gasteiger partial charge on any atom is 0.293 e. The first-order valence-electron chi connectivity index (χ1n) is 26.9. The van der Waals surface area contributed by atoms with Crippen molar-refractivity contribution in [2.24, 2.45) is 11.3 Å². The fourth-order valence-electron chi connectivity index (χ4n) is 12.1. The number of carbonyl (C=O) groups excluding carboxylic acids is 1. The number of aliphatic hydroxyl groups is 1. The molecule has 20 heteroatoms. The Kier molecular flexibility index (Phi) is 14.6. The lowest BCUT2D eigenvalue weighted by atomic mass is 9.59. The summed E-state index contributed by atoms with van der Waals surface area (Å²) < 4.78 is 68.0. The minimum absolute atomic E-state index is 0.00972. The lowest BCUT2D eigenvalue weighted by Gasteiger charge is -2.63. The summed E-state index contributed by atoms with van der Waals surface area (Å²) in [6, 6.07) is 25.5. The number of carbonyl (C=O) groups is 1. The molecule has 6 aromatic rings. The van der Waals surface area contributed by atoms with Crippen LogP contribution >= 0.6 is 0 Å². The van der Waals surface area contributed by atoms with Crippen molar-refractivity contribution in [3.63, 3.8) is 0 Å². The van der Waals surface area contributed by atoms with Crippen LogP contribution in [-0.2, 0) is 21.3 Å². The second kappa shape index (κ2) is 21.4. The van der Waals surface area contributed by atoms with Gasteiger partial charge in [0.1, 0.15) is 34.8 Å². The molecule has 3 aliphatic heterocycles. The lowest BCUT2D eigenvalue weighted by Crippen LogP contribution is -2.68. The molecule has 5 aliphatic rings. The number of aromatic nitrogens is 2. The molecule has 2 aromatic heterocycles. The third kappa shape index (κ3) is 11.1. The summed E-state index contributed by atoms with van der Waals surface area (Å²) in [6.07, 6.45) is 7.35. The molecule has 0 bridgehead atoms. The van der Waals surface area contributed by atoms with Crippen LogP contribution in [0.2, 0.25) is 0 Å². The Morgan fingerprint density at radius 3 is 2.51 bits per heavy atom. The third-order valence-electron chi connectivity index (χ3n) is 16.6. The van der Waals surface area contributed by atoms with E-state index in [2.05, 4.69) is 85.0 Å². The number of rotatable bonds is 18. The highest BCUT2D eigenvalue weighted by Gasteiger charge is 2.55. The molecule has 2 aliphatic carbocycles. The zero-order chi connectivity index (χ0) is 54.5. The smallest absolute Gasteiger partial charge is 0.293 e. The van der Waals surface area contributed by atoms with Gasteiger partial charge in [-0.05, 0) is 116 Å². The summed E-state index contributed by atoms with van der Waals surface area (Å²) in [5.41, 5.74) is 3.82. The van der Waals surface area contributed by atoms with Gasteiger partial charge in [0.15, 0.2) is 11.5 Å². The molecule has 78 heavy (non-hydrogen) atoms. The van der Waals surface area contributed by atoms with Crippen LogP contribution in [0.25, 0.3) is 11.0 Å². The van der Waals surface area contributed by atoms with Crippen molar-refractivity contribution < 1.29 is 46.6 Å². The number of pyridine rings is 1. The minimum Gasteiger partial charge on any atom is -0.493 e. The van der Waals surface area contributed by atoms with Gasteiger partial charge in [0.2, 0.25) is 0 Å². The summed E-state index contributed by atoms with van der Waals surface area (Å²) in [5.74, 6) is 0.530. The average molecular weight is 1090 g/mol. The number of nitro groups is 1. The zero-order valence-electron chi connectivity index (χ0n) is 44.4. The predicted octanol–water partition coefficient (Wildman–Crippen LogP) is 9.31. The van der Waals surface area contributed by atoms with Crippen LogP contribution in [0.1, 0.15) is 98.3 Å². The first kappa shape index (κ1) is 53.2. The molecule has 11 rings (SSSR count). The van der Waals surface area contributed by atoms with E-state index >= 15 is 0 Å². The van der Waals surface area contributed by atoms with Crippen LogP contribution < -0.4 is 29.1 Å². The van der Waals surface area contributed by atoms with Gasteiger partial charge in [-0.1, -0.05) is 44.2 Å². The second-order valence-corrected chi connectivity index (χ2v) is 24.3. The van der Waals surface area contributed by atoms with Crippen molar-refractivity contribution in [1.82, 2.24) is 24.5 Å². The molecule has 5 fully saturated rings. The van der Waals surface area contributed by atoms with Crippen molar-refractivity contribution in [3.05, 3.63) is 136 Å². The van der Waals surface area contributed by atoms with Gasteiger partial charge in [-0.25, -0.2) is 22.5 Å². The van der Waals surface area contributed by atoms with E-state index in [1.807, 2.05) is 6.07 Å². The van der Waals surface area contributed by atoms with E-state index in [0.717, 1.165) is 93.8 Å². The maximum atomic E-state index is 14.8. The van der Waals surface area contributed by atoms with Crippen molar-refractivity contribution in [2.75, 3.05) is 69.8 Å². The number of nitro benzene ring substituents is 1. The molecule has 4 N–H and O–H groups in total. The Morgan fingerprint density at radius 2 is 1.78 bits per heavy atom. The normalized spacial score (nSPS) is 21.9. The number of anilines is 2. The van der Waals surface area contributed by atoms with Crippen LogP contribution in [0.3, 0.4) is 0 Å². The number of benzene rings is 4. The molecule has 2 saturated carbocycles. The van der Waals surface area contributed by atoms with Crippen molar-refractivity contribution in [2.45, 2.75) is 100 Å². The molecule has 1 atom stereocenters. The molecule has 5 heterocycles. The fourth-order valence-corrected chi connectivity index (χ4v) is 13.1. The minimum atomic E-state index is -4.65.